The molecule has 0 spiro atoms. The third-order valence-corrected chi connectivity index (χ3v) is 2.45. The van der Waals surface area contributed by atoms with E-state index < -0.39 is 12.0 Å². The standard InChI is InChI=1S/C9H17F2NO.C2H6/c1-7(2)12-5-8(13)3-4-9(10,11)6-12;1-2/h7-8,13H,3-6H2,1-2H3;1-2H3. The lowest BCUT2D eigenvalue weighted by Crippen LogP contribution is -2.41. The summed E-state index contributed by atoms with van der Waals surface area (Å²) in [6, 6.07) is 0.0682. The maximum atomic E-state index is 13.1. The Balaban J connectivity index is 0.000000921. The number of halogens is 2. The summed E-state index contributed by atoms with van der Waals surface area (Å²) >= 11 is 0. The van der Waals surface area contributed by atoms with Crippen molar-refractivity contribution in [2.75, 3.05) is 13.1 Å². The highest BCUT2D eigenvalue weighted by Gasteiger charge is 2.36. The van der Waals surface area contributed by atoms with Crippen molar-refractivity contribution in [2.45, 2.75) is 58.6 Å². The molecule has 0 aliphatic carbocycles. The molecular formula is C11H23F2NO. The number of β-amino-alcohol motifs (C(OH)–C–C–N with tert-alkyl or cyclic N) is 1. The van der Waals surface area contributed by atoms with E-state index in [0.29, 0.717) is 6.54 Å². The van der Waals surface area contributed by atoms with E-state index in [1.54, 1.807) is 4.90 Å². The lowest BCUT2D eigenvalue weighted by Gasteiger charge is -2.28. The van der Waals surface area contributed by atoms with E-state index in [1.807, 2.05) is 27.7 Å². The number of aliphatic hydroxyl groups is 1. The van der Waals surface area contributed by atoms with E-state index in [2.05, 4.69) is 0 Å². The van der Waals surface area contributed by atoms with Gasteiger partial charge in [-0.2, -0.15) is 0 Å². The average molecular weight is 223 g/mol. The molecular weight excluding hydrogens is 200 g/mol. The first-order valence-electron chi connectivity index (χ1n) is 5.71. The summed E-state index contributed by atoms with van der Waals surface area (Å²) in [4.78, 5) is 1.64. The molecule has 92 valence electrons. The van der Waals surface area contributed by atoms with Crippen LogP contribution in [0, 0.1) is 0 Å². The van der Waals surface area contributed by atoms with Crippen molar-refractivity contribution in [3.63, 3.8) is 0 Å². The Bertz CT molecular complexity index is 174. The second kappa shape index (κ2) is 6.38. The number of nitrogens with zero attached hydrogens (tertiary/aromatic N) is 1. The topological polar surface area (TPSA) is 23.5 Å². The van der Waals surface area contributed by atoms with E-state index >= 15 is 0 Å². The lowest BCUT2D eigenvalue weighted by molar-refractivity contribution is -0.0355. The maximum Gasteiger partial charge on any atom is 0.260 e. The zero-order valence-electron chi connectivity index (χ0n) is 10.1. The number of likely N-dealkylation sites (tertiary alicyclic amines) is 1. The lowest BCUT2D eigenvalue weighted by atomic mass is 10.1. The SMILES string of the molecule is CC.CC(C)N1CC(O)CCC(F)(F)C1. The molecule has 0 aromatic rings. The van der Waals surface area contributed by atoms with Gasteiger partial charge in [-0.05, 0) is 20.3 Å². The van der Waals surface area contributed by atoms with E-state index in [9.17, 15) is 13.9 Å². The van der Waals surface area contributed by atoms with Gasteiger partial charge in [-0.25, -0.2) is 8.78 Å². The molecule has 1 atom stereocenters. The minimum Gasteiger partial charge on any atom is -0.392 e. The first kappa shape index (κ1) is 14.8. The van der Waals surface area contributed by atoms with Gasteiger partial charge in [0.1, 0.15) is 0 Å². The van der Waals surface area contributed by atoms with Crippen LogP contribution in [0.1, 0.15) is 40.5 Å². The summed E-state index contributed by atoms with van der Waals surface area (Å²) in [5, 5.41) is 9.37. The van der Waals surface area contributed by atoms with Gasteiger partial charge in [-0.15, -0.1) is 0 Å². The van der Waals surface area contributed by atoms with Crippen LogP contribution in [-0.2, 0) is 0 Å². The molecule has 0 amide bonds. The average Bonchev–Trinajstić information content (AvgIpc) is 2.29. The molecule has 0 aromatic heterocycles. The van der Waals surface area contributed by atoms with Crippen molar-refractivity contribution >= 4 is 0 Å². The zero-order chi connectivity index (χ0) is 12.1. The van der Waals surface area contributed by atoms with Crippen LogP contribution in [0.15, 0.2) is 0 Å². The molecule has 1 fully saturated rings. The second-order valence-corrected chi connectivity index (χ2v) is 4.07. The Labute approximate surface area is 91.3 Å². The quantitative estimate of drug-likeness (QED) is 0.738. The minimum absolute atomic E-state index is 0.0682. The number of alkyl halides is 2. The van der Waals surface area contributed by atoms with Gasteiger partial charge in [0.05, 0.1) is 12.6 Å². The molecule has 1 aliphatic rings. The highest BCUT2D eigenvalue weighted by molar-refractivity contribution is 4.82. The Hall–Kier alpha value is -0.220. The van der Waals surface area contributed by atoms with E-state index in [-0.39, 0.29) is 25.4 Å². The Morgan fingerprint density at radius 1 is 1.33 bits per heavy atom. The van der Waals surface area contributed by atoms with Gasteiger partial charge in [0.25, 0.3) is 5.92 Å². The van der Waals surface area contributed by atoms with Gasteiger partial charge >= 0.3 is 0 Å². The number of rotatable bonds is 1. The number of aliphatic hydroxyl groups excluding tert-OH is 1. The molecule has 1 saturated heterocycles. The van der Waals surface area contributed by atoms with Crippen molar-refractivity contribution in [3.8, 4) is 0 Å². The minimum atomic E-state index is -2.64. The first-order chi connectivity index (χ1) is 6.91. The van der Waals surface area contributed by atoms with Gasteiger partial charge in [-0.3, -0.25) is 4.90 Å². The Morgan fingerprint density at radius 3 is 2.33 bits per heavy atom. The molecule has 1 N–H and O–H groups in total. The van der Waals surface area contributed by atoms with Crippen LogP contribution in [0.4, 0.5) is 8.78 Å². The summed E-state index contributed by atoms with van der Waals surface area (Å²) in [6.45, 7) is 7.89. The molecule has 4 heteroatoms. The fraction of sp³-hybridized carbons (Fsp3) is 1.00. The molecule has 0 bridgehead atoms. The highest BCUT2D eigenvalue weighted by atomic mass is 19.3. The maximum absolute atomic E-state index is 13.1. The van der Waals surface area contributed by atoms with Crippen molar-refractivity contribution in [2.24, 2.45) is 0 Å². The Kier molecular flexibility index (Phi) is 6.29. The first-order valence-corrected chi connectivity index (χ1v) is 5.71. The smallest absolute Gasteiger partial charge is 0.260 e. The second-order valence-electron chi connectivity index (χ2n) is 4.07. The summed E-state index contributed by atoms with van der Waals surface area (Å²) in [6.07, 6.45) is -0.594. The fourth-order valence-electron chi connectivity index (χ4n) is 1.57. The van der Waals surface area contributed by atoms with Gasteiger partial charge < -0.3 is 5.11 Å². The molecule has 1 unspecified atom stereocenters. The summed E-state index contributed by atoms with van der Waals surface area (Å²) in [7, 11) is 0. The molecule has 1 heterocycles. The fourth-order valence-corrected chi connectivity index (χ4v) is 1.57. The van der Waals surface area contributed by atoms with Crippen LogP contribution in [0.5, 0.6) is 0 Å². The monoisotopic (exact) mass is 223 g/mol. The zero-order valence-corrected chi connectivity index (χ0v) is 10.1. The summed E-state index contributed by atoms with van der Waals surface area (Å²) in [5.41, 5.74) is 0. The van der Waals surface area contributed by atoms with Crippen molar-refractivity contribution in [1.29, 1.82) is 0 Å². The van der Waals surface area contributed by atoms with Gasteiger partial charge in [-0.1, -0.05) is 13.8 Å². The third kappa shape index (κ3) is 5.42. The van der Waals surface area contributed by atoms with Crippen LogP contribution in [-0.4, -0.2) is 41.2 Å². The van der Waals surface area contributed by atoms with E-state index in [1.165, 1.54) is 0 Å². The van der Waals surface area contributed by atoms with Gasteiger partial charge in [0, 0.05) is 19.0 Å². The van der Waals surface area contributed by atoms with E-state index in [0.717, 1.165) is 0 Å². The van der Waals surface area contributed by atoms with Crippen molar-refractivity contribution in [1.82, 2.24) is 4.90 Å². The number of hydrogen-bond acceptors (Lipinski definition) is 2. The normalized spacial score (nSPS) is 26.8. The van der Waals surface area contributed by atoms with Crippen molar-refractivity contribution < 1.29 is 13.9 Å². The number of hydrogen-bond donors (Lipinski definition) is 1. The highest BCUT2D eigenvalue weighted by Crippen LogP contribution is 2.27. The molecule has 1 rings (SSSR count). The molecule has 1 aliphatic heterocycles. The third-order valence-electron chi connectivity index (χ3n) is 2.45. The molecule has 0 aromatic carbocycles. The molecule has 15 heavy (non-hydrogen) atoms. The molecule has 0 radical (unpaired) electrons. The largest absolute Gasteiger partial charge is 0.392 e. The summed E-state index contributed by atoms with van der Waals surface area (Å²) < 4.78 is 26.2. The van der Waals surface area contributed by atoms with Crippen LogP contribution in [0.3, 0.4) is 0 Å². The van der Waals surface area contributed by atoms with Gasteiger partial charge in [0.15, 0.2) is 0 Å². The van der Waals surface area contributed by atoms with Crippen LogP contribution < -0.4 is 0 Å². The van der Waals surface area contributed by atoms with Gasteiger partial charge in [0.2, 0.25) is 0 Å². The van der Waals surface area contributed by atoms with Crippen molar-refractivity contribution in [3.05, 3.63) is 0 Å². The van der Waals surface area contributed by atoms with Crippen LogP contribution in [0.2, 0.25) is 0 Å². The molecule has 0 saturated carbocycles. The predicted octanol–water partition coefficient (Wildman–Crippen LogP) is 2.51. The van der Waals surface area contributed by atoms with E-state index in [4.69, 9.17) is 0 Å². The van der Waals surface area contributed by atoms with Crippen LogP contribution in [0.25, 0.3) is 0 Å². The molecule has 2 nitrogen and oxygen atoms in total. The Morgan fingerprint density at radius 2 is 1.87 bits per heavy atom. The van der Waals surface area contributed by atoms with Crippen LogP contribution >= 0.6 is 0 Å². The predicted molar refractivity (Wildman–Crippen MR) is 58.2 cm³/mol. The summed E-state index contributed by atoms with van der Waals surface area (Å²) in [5.74, 6) is -2.64.